The summed E-state index contributed by atoms with van der Waals surface area (Å²) in [7, 11) is 0. The summed E-state index contributed by atoms with van der Waals surface area (Å²) in [6.07, 6.45) is -4.93. The molecule has 0 saturated heterocycles. The Kier molecular flexibility index (Phi) is 4.48. The summed E-state index contributed by atoms with van der Waals surface area (Å²) in [5.41, 5.74) is 0. The van der Waals surface area contributed by atoms with Crippen LogP contribution in [0.4, 0.5) is 13.2 Å². The first-order chi connectivity index (χ1) is 9.79. The molecule has 0 aromatic carbocycles. The quantitative estimate of drug-likeness (QED) is 0.858. The SMILES string of the molecule is CC(NC(=O)c1ccc(C(=O)C(F)(F)F)s1)c1cccs1. The molecule has 0 spiro atoms. The molecule has 0 radical (unpaired) electrons. The first kappa shape index (κ1) is 15.7. The zero-order valence-electron chi connectivity index (χ0n) is 10.7. The lowest BCUT2D eigenvalue weighted by Gasteiger charge is -2.10. The Morgan fingerprint density at radius 2 is 1.86 bits per heavy atom. The highest BCUT2D eigenvalue weighted by Crippen LogP contribution is 2.27. The molecule has 2 rings (SSSR count). The van der Waals surface area contributed by atoms with Crippen molar-refractivity contribution in [1.29, 1.82) is 0 Å². The lowest BCUT2D eigenvalue weighted by atomic mass is 10.2. The highest BCUT2D eigenvalue weighted by molar-refractivity contribution is 7.16. The van der Waals surface area contributed by atoms with Gasteiger partial charge in [0.2, 0.25) is 0 Å². The smallest absolute Gasteiger partial charge is 0.344 e. The molecule has 2 aromatic heterocycles. The normalized spacial score (nSPS) is 13.0. The molecule has 1 N–H and O–H groups in total. The summed E-state index contributed by atoms with van der Waals surface area (Å²) >= 11 is 2.00. The summed E-state index contributed by atoms with van der Waals surface area (Å²) in [6, 6.07) is 5.68. The second-order valence-corrected chi connectivity index (χ2v) is 6.26. The van der Waals surface area contributed by atoms with Gasteiger partial charge in [0, 0.05) is 4.88 Å². The van der Waals surface area contributed by atoms with Crippen molar-refractivity contribution < 1.29 is 22.8 Å². The number of halogens is 3. The van der Waals surface area contributed by atoms with Crippen molar-refractivity contribution in [3.05, 3.63) is 44.3 Å². The Morgan fingerprint density at radius 3 is 2.43 bits per heavy atom. The number of ketones is 1. The van der Waals surface area contributed by atoms with Gasteiger partial charge in [0.25, 0.3) is 11.7 Å². The fraction of sp³-hybridized carbons (Fsp3) is 0.231. The van der Waals surface area contributed by atoms with Gasteiger partial charge in [-0.3, -0.25) is 9.59 Å². The molecule has 112 valence electrons. The van der Waals surface area contributed by atoms with Gasteiger partial charge in [0.1, 0.15) is 0 Å². The fourth-order valence-corrected chi connectivity index (χ4v) is 3.20. The summed E-state index contributed by atoms with van der Waals surface area (Å²) < 4.78 is 36.9. The van der Waals surface area contributed by atoms with Crippen LogP contribution in [0.3, 0.4) is 0 Å². The van der Waals surface area contributed by atoms with Gasteiger partial charge >= 0.3 is 6.18 Å². The molecule has 1 unspecified atom stereocenters. The third-order valence-electron chi connectivity index (χ3n) is 2.63. The average Bonchev–Trinajstić information content (AvgIpc) is 3.08. The third kappa shape index (κ3) is 3.70. The monoisotopic (exact) mass is 333 g/mol. The molecule has 2 aromatic rings. The largest absolute Gasteiger partial charge is 0.455 e. The fourth-order valence-electron chi connectivity index (χ4n) is 1.60. The predicted octanol–water partition coefficient (Wildman–Crippen LogP) is 4.05. The van der Waals surface area contributed by atoms with Gasteiger partial charge < -0.3 is 5.32 Å². The van der Waals surface area contributed by atoms with Crippen LogP contribution >= 0.6 is 22.7 Å². The minimum atomic E-state index is -4.93. The molecule has 0 fully saturated rings. The van der Waals surface area contributed by atoms with Crippen molar-refractivity contribution in [2.75, 3.05) is 0 Å². The lowest BCUT2D eigenvalue weighted by Crippen LogP contribution is -2.25. The number of rotatable bonds is 4. The number of thiophene rings is 2. The molecular formula is C13H10F3NO2S2. The summed E-state index contributed by atoms with van der Waals surface area (Å²) in [5, 5.41) is 4.54. The van der Waals surface area contributed by atoms with Crippen LogP contribution in [0.2, 0.25) is 0 Å². The molecule has 2 heterocycles. The molecule has 1 amide bonds. The maximum absolute atomic E-state index is 12.3. The summed E-state index contributed by atoms with van der Waals surface area (Å²) in [5.74, 6) is -2.43. The van der Waals surface area contributed by atoms with E-state index in [9.17, 15) is 22.8 Å². The Morgan fingerprint density at radius 1 is 1.19 bits per heavy atom. The maximum atomic E-state index is 12.3. The van der Waals surface area contributed by atoms with Gasteiger partial charge in [-0.1, -0.05) is 6.07 Å². The highest BCUT2D eigenvalue weighted by Gasteiger charge is 2.40. The number of nitrogens with one attached hydrogen (secondary N) is 1. The topological polar surface area (TPSA) is 46.2 Å². The van der Waals surface area contributed by atoms with E-state index < -0.39 is 22.7 Å². The number of carbonyl (C=O) groups excluding carboxylic acids is 2. The molecule has 0 bridgehead atoms. The number of hydrogen-bond acceptors (Lipinski definition) is 4. The Hall–Kier alpha value is -1.67. The van der Waals surface area contributed by atoms with E-state index in [0.29, 0.717) is 11.3 Å². The van der Waals surface area contributed by atoms with Crippen LogP contribution in [-0.4, -0.2) is 17.9 Å². The van der Waals surface area contributed by atoms with E-state index in [2.05, 4.69) is 5.32 Å². The van der Waals surface area contributed by atoms with Crippen molar-refractivity contribution >= 4 is 34.4 Å². The predicted molar refractivity (Wildman–Crippen MR) is 74.9 cm³/mol. The van der Waals surface area contributed by atoms with Gasteiger partial charge in [0.15, 0.2) is 0 Å². The van der Waals surface area contributed by atoms with E-state index in [1.807, 2.05) is 17.5 Å². The van der Waals surface area contributed by atoms with E-state index in [0.717, 1.165) is 10.9 Å². The lowest BCUT2D eigenvalue weighted by molar-refractivity contribution is -0.0882. The van der Waals surface area contributed by atoms with Crippen molar-refractivity contribution in [2.45, 2.75) is 19.1 Å². The van der Waals surface area contributed by atoms with Crippen molar-refractivity contribution in [2.24, 2.45) is 0 Å². The molecule has 0 aliphatic carbocycles. The minimum Gasteiger partial charge on any atom is -0.344 e. The van der Waals surface area contributed by atoms with Crippen molar-refractivity contribution in [3.8, 4) is 0 Å². The zero-order valence-corrected chi connectivity index (χ0v) is 12.4. The summed E-state index contributed by atoms with van der Waals surface area (Å²) in [6.45, 7) is 1.78. The van der Waals surface area contributed by atoms with E-state index >= 15 is 0 Å². The van der Waals surface area contributed by atoms with Crippen molar-refractivity contribution in [3.63, 3.8) is 0 Å². The third-order valence-corrected chi connectivity index (χ3v) is 4.77. The molecule has 1 atom stereocenters. The second-order valence-electron chi connectivity index (χ2n) is 4.20. The van der Waals surface area contributed by atoms with Gasteiger partial charge in [-0.2, -0.15) is 13.2 Å². The summed E-state index contributed by atoms with van der Waals surface area (Å²) in [4.78, 5) is 23.5. The number of amides is 1. The van der Waals surface area contributed by atoms with Gasteiger partial charge in [-0.05, 0) is 30.5 Å². The van der Waals surface area contributed by atoms with Gasteiger partial charge in [-0.15, -0.1) is 22.7 Å². The molecule has 0 aliphatic heterocycles. The van der Waals surface area contributed by atoms with Crippen LogP contribution < -0.4 is 5.32 Å². The van der Waals surface area contributed by atoms with E-state index in [1.165, 1.54) is 17.4 Å². The van der Waals surface area contributed by atoms with Crippen LogP contribution in [0.1, 0.15) is 37.2 Å². The zero-order chi connectivity index (χ0) is 15.6. The van der Waals surface area contributed by atoms with Gasteiger partial charge in [-0.25, -0.2) is 0 Å². The Balaban J connectivity index is 2.07. The first-order valence-electron chi connectivity index (χ1n) is 5.84. The highest BCUT2D eigenvalue weighted by atomic mass is 32.1. The number of alkyl halides is 3. The molecule has 0 saturated carbocycles. The molecule has 21 heavy (non-hydrogen) atoms. The van der Waals surface area contributed by atoms with Crippen LogP contribution in [0.25, 0.3) is 0 Å². The van der Waals surface area contributed by atoms with Gasteiger partial charge in [0.05, 0.1) is 15.8 Å². The number of carbonyl (C=O) groups is 2. The van der Waals surface area contributed by atoms with Crippen LogP contribution in [0.15, 0.2) is 29.6 Å². The molecular weight excluding hydrogens is 323 g/mol. The van der Waals surface area contributed by atoms with Crippen molar-refractivity contribution in [1.82, 2.24) is 5.32 Å². The van der Waals surface area contributed by atoms with E-state index in [-0.39, 0.29) is 10.9 Å². The minimum absolute atomic E-state index is 0.0750. The standard InChI is InChI=1S/C13H10F3NO2S2/c1-7(8-3-2-6-20-8)17-12(19)10-5-4-9(21-10)11(18)13(14,15)16/h2-7H,1H3,(H,17,19). The van der Waals surface area contributed by atoms with Crippen LogP contribution in [0.5, 0.6) is 0 Å². The van der Waals surface area contributed by atoms with E-state index in [4.69, 9.17) is 0 Å². The number of hydrogen-bond donors (Lipinski definition) is 1. The molecule has 8 heteroatoms. The average molecular weight is 333 g/mol. The number of Topliss-reactive ketones (excluding diaryl/α,β-unsaturated/α-hetero) is 1. The Bertz CT molecular complexity index is 647. The second kappa shape index (κ2) is 5.98. The molecule has 3 nitrogen and oxygen atoms in total. The van der Waals surface area contributed by atoms with E-state index in [1.54, 1.807) is 6.92 Å². The Labute approximate surface area is 126 Å². The van der Waals surface area contributed by atoms with Crippen LogP contribution in [-0.2, 0) is 0 Å². The maximum Gasteiger partial charge on any atom is 0.455 e. The van der Waals surface area contributed by atoms with Crippen LogP contribution in [0, 0.1) is 0 Å². The first-order valence-corrected chi connectivity index (χ1v) is 7.54. The molecule has 0 aliphatic rings.